The highest BCUT2D eigenvalue weighted by Gasteiger charge is 2.08. The Hall–Kier alpha value is -2.49. The van der Waals surface area contributed by atoms with Crippen molar-refractivity contribution >= 4 is 53.8 Å². The first-order valence-electron chi connectivity index (χ1n) is 10.3. The number of nitrogens with zero attached hydrogens (tertiary/aromatic N) is 2. The minimum absolute atomic E-state index is 0. The van der Waals surface area contributed by atoms with Crippen molar-refractivity contribution in [1.29, 1.82) is 0 Å². The van der Waals surface area contributed by atoms with Gasteiger partial charge >= 0.3 is 0 Å². The van der Waals surface area contributed by atoms with Gasteiger partial charge in [0.05, 0.1) is 0 Å². The van der Waals surface area contributed by atoms with Gasteiger partial charge in [0.15, 0.2) is 12.4 Å². The third-order valence-electron chi connectivity index (χ3n) is 5.18. The van der Waals surface area contributed by atoms with Crippen LogP contribution in [0.3, 0.4) is 0 Å². The highest BCUT2D eigenvalue weighted by Crippen LogP contribution is 2.30. The summed E-state index contributed by atoms with van der Waals surface area (Å²) in [5.41, 5.74) is 3.95. The minimum atomic E-state index is 0. The summed E-state index contributed by atoms with van der Waals surface area (Å²) in [6, 6.07) is 24.1. The number of fused-ring (bicyclic) bond motifs is 2. The molecule has 7 heteroatoms. The first-order valence-corrected chi connectivity index (χ1v) is 11.9. The van der Waals surface area contributed by atoms with Crippen LogP contribution in [0.5, 0.6) is 0 Å². The minimum Gasteiger partial charge on any atom is -1.00 e. The van der Waals surface area contributed by atoms with Gasteiger partial charge in [-0.15, -0.1) is 0 Å². The monoisotopic (exact) mass is 688 g/mol. The second-order valence-corrected chi connectivity index (χ2v) is 9.41. The quantitative estimate of drug-likeness (QED) is 0.191. The smallest absolute Gasteiger partial charge is 0.169 e. The zero-order valence-corrected chi connectivity index (χ0v) is 23.4. The van der Waals surface area contributed by atoms with E-state index in [1.165, 1.54) is 0 Å². The zero-order valence-electron chi connectivity index (χ0n) is 18.1. The van der Waals surface area contributed by atoms with E-state index in [2.05, 4.69) is 49.0 Å². The molecule has 6 rings (SSSR count). The Labute approximate surface area is 230 Å². The van der Waals surface area contributed by atoms with Gasteiger partial charge in [0, 0.05) is 55.4 Å². The van der Waals surface area contributed by atoms with E-state index in [9.17, 15) is 0 Å². The van der Waals surface area contributed by atoms with E-state index in [1.807, 2.05) is 84.7 Å². The summed E-state index contributed by atoms with van der Waals surface area (Å²) >= 11 is 6.91. The van der Waals surface area contributed by atoms with Crippen molar-refractivity contribution in [3.63, 3.8) is 0 Å². The molecule has 4 aromatic heterocycles. The maximum atomic E-state index is 5.82. The van der Waals surface area contributed by atoms with Gasteiger partial charge in [-0.3, -0.25) is 4.98 Å². The Morgan fingerprint density at radius 2 is 1.12 bits per heavy atom. The number of furan rings is 2. The molecule has 6 aromatic rings. The van der Waals surface area contributed by atoms with Gasteiger partial charge in [-0.05, 0) is 60.7 Å². The van der Waals surface area contributed by atoms with Crippen molar-refractivity contribution in [2.75, 3.05) is 0 Å². The molecule has 2 aromatic carbocycles. The lowest BCUT2D eigenvalue weighted by Crippen LogP contribution is -3.00. The van der Waals surface area contributed by atoms with Crippen LogP contribution in [0.1, 0.15) is 0 Å². The van der Waals surface area contributed by atoms with Crippen LogP contribution in [0.4, 0.5) is 0 Å². The predicted molar refractivity (Wildman–Crippen MR) is 138 cm³/mol. The molecular weight excluding hydrogens is 671 g/mol. The Bertz CT molecular complexity index is 1540. The molecule has 0 N–H and O–H groups in total. The lowest BCUT2D eigenvalue weighted by atomic mass is 10.2. The van der Waals surface area contributed by atoms with Gasteiger partial charge in [0.25, 0.3) is 0 Å². The summed E-state index contributed by atoms with van der Waals surface area (Å²) in [7, 11) is 2.00. The van der Waals surface area contributed by atoms with Gasteiger partial charge in [-0.25, -0.2) is 4.57 Å². The number of aryl methyl sites for hydroxylation is 1. The van der Waals surface area contributed by atoms with Crippen LogP contribution in [0.2, 0.25) is 0 Å². The zero-order chi connectivity index (χ0) is 22.8. The lowest BCUT2D eigenvalue weighted by Gasteiger charge is -1.93. The molecule has 0 aliphatic heterocycles. The van der Waals surface area contributed by atoms with E-state index in [0.29, 0.717) is 0 Å². The van der Waals surface area contributed by atoms with E-state index in [-0.39, 0.29) is 24.0 Å². The molecule has 4 nitrogen and oxygen atoms in total. The Balaban J connectivity index is 0.000000157. The van der Waals surface area contributed by atoms with E-state index >= 15 is 0 Å². The van der Waals surface area contributed by atoms with Crippen molar-refractivity contribution in [2.24, 2.45) is 7.05 Å². The molecule has 34 heavy (non-hydrogen) atoms. The van der Waals surface area contributed by atoms with Gasteiger partial charge < -0.3 is 32.8 Å². The molecule has 0 spiro atoms. The second-order valence-electron chi connectivity index (χ2n) is 7.57. The highest BCUT2D eigenvalue weighted by molar-refractivity contribution is 9.10. The second kappa shape index (κ2) is 10.8. The summed E-state index contributed by atoms with van der Waals surface area (Å²) in [5.74, 6) is 1.77. The van der Waals surface area contributed by atoms with Crippen molar-refractivity contribution < 1.29 is 37.4 Å². The Kier molecular flexibility index (Phi) is 7.85. The first kappa shape index (κ1) is 24.6. The fourth-order valence-electron chi connectivity index (χ4n) is 3.49. The Morgan fingerprint density at radius 1 is 0.647 bits per heavy atom. The van der Waals surface area contributed by atoms with Gasteiger partial charge in [0.1, 0.15) is 29.7 Å². The lowest BCUT2D eigenvalue weighted by molar-refractivity contribution is -0.671. The third kappa shape index (κ3) is 5.59. The maximum Gasteiger partial charge on any atom is 0.169 e. The molecule has 0 aliphatic rings. The predicted octanol–water partition coefficient (Wildman–Crippen LogP) is 4.95. The van der Waals surface area contributed by atoms with Crippen LogP contribution < -0.4 is 28.5 Å². The topological polar surface area (TPSA) is 43.0 Å². The van der Waals surface area contributed by atoms with E-state index in [4.69, 9.17) is 8.83 Å². The molecule has 4 heterocycles. The number of pyridine rings is 2. The molecule has 0 saturated heterocycles. The number of halogens is 3. The Morgan fingerprint density at radius 3 is 1.62 bits per heavy atom. The first-order chi connectivity index (χ1) is 16.0. The maximum absolute atomic E-state index is 5.82. The van der Waals surface area contributed by atoms with Crippen LogP contribution in [-0.4, -0.2) is 4.98 Å². The molecule has 0 fully saturated rings. The standard InChI is InChI=1S/C14H11BrNO.C13H8BrNO.HI/c1-16-6-4-10(5-7-16)14-9-11-8-12(15)2-3-13(11)17-14;14-11-1-2-12-10(7-11)8-13(16-12)9-3-5-15-6-4-9;/h2-9H,1H3;1-8H;1H/q+1;;/p-1. The molecular formula is C27H19Br2IN2O2. The van der Waals surface area contributed by atoms with Crippen molar-refractivity contribution in [3.05, 3.63) is 107 Å². The summed E-state index contributed by atoms with van der Waals surface area (Å²) in [6.45, 7) is 0. The van der Waals surface area contributed by atoms with Crippen LogP contribution in [-0.2, 0) is 7.05 Å². The molecule has 0 amide bonds. The van der Waals surface area contributed by atoms with Crippen LogP contribution >= 0.6 is 31.9 Å². The SMILES string of the molecule is Brc1ccc2oc(-c3ccncc3)cc2c1.C[n+]1ccc(-c2cc3cc(Br)ccc3o2)cc1.[I-]. The normalized spacial score (nSPS) is 10.6. The average molecular weight is 690 g/mol. The van der Waals surface area contributed by atoms with Crippen LogP contribution in [0.15, 0.2) is 115 Å². The average Bonchev–Trinajstić information content (AvgIpc) is 3.44. The number of rotatable bonds is 2. The summed E-state index contributed by atoms with van der Waals surface area (Å²) in [4.78, 5) is 3.99. The fraction of sp³-hybridized carbons (Fsp3) is 0.0370. The van der Waals surface area contributed by atoms with Crippen molar-refractivity contribution in [1.82, 2.24) is 4.98 Å². The van der Waals surface area contributed by atoms with E-state index < -0.39 is 0 Å². The summed E-state index contributed by atoms with van der Waals surface area (Å²) in [6.07, 6.45) is 7.55. The van der Waals surface area contributed by atoms with Crippen molar-refractivity contribution in [2.45, 2.75) is 0 Å². The van der Waals surface area contributed by atoms with Gasteiger partial charge in [-0.2, -0.15) is 0 Å². The molecule has 0 aliphatic carbocycles. The summed E-state index contributed by atoms with van der Waals surface area (Å²) < 4.78 is 15.7. The molecule has 0 radical (unpaired) electrons. The molecule has 0 bridgehead atoms. The number of benzene rings is 2. The number of aromatic nitrogens is 2. The highest BCUT2D eigenvalue weighted by atomic mass is 127. The van der Waals surface area contributed by atoms with E-state index in [1.54, 1.807) is 12.4 Å². The van der Waals surface area contributed by atoms with E-state index in [0.717, 1.165) is 53.5 Å². The molecule has 0 saturated carbocycles. The molecule has 0 unspecified atom stereocenters. The van der Waals surface area contributed by atoms with Crippen LogP contribution in [0.25, 0.3) is 44.6 Å². The third-order valence-corrected chi connectivity index (χ3v) is 6.17. The number of hydrogen-bond acceptors (Lipinski definition) is 3. The van der Waals surface area contributed by atoms with Gasteiger partial charge in [0.2, 0.25) is 0 Å². The number of hydrogen-bond donors (Lipinski definition) is 0. The van der Waals surface area contributed by atoms with Crippen molar-refractivity contribution in [3.8, 4) is 22.6 Å². The largest absolute Gasteiger partial charge is 1.00 e. The summed E-state index contributed by atoms with van der Waals surface area (Å²) in [5, 5.41) is 2.21. The molecule has 170 valence electrons. The molecule has 0 atom stereocenters. The van der Waals surface area contributed by atoms with Crippen LogP contribution in [0, 0.1) is 0 Å². The fourth-order valence-corrected chi connectivity index (χ4v) is 4.25. The van der Waals surface area contributed by atoms with Gasteiger partial charge in [-0.1, -0.05) is 31.9 Å².